The molecule has 1 fully saturated rings. The van der Waals surface area contributed by atoms with Gasteiger partial charge in [0.2, 0.25) is 0 Å². The Morgan fingerprint density at radius 1 is 1.00 bits per heavy atom. The van der Waals surface area contributed by atoms with Gasteiger partial charge in [-0.1, -0.05) is 6.92 Å². The van der Waals surface area contributed by atoms with Crippen LogP contribution < -0.4 is 0 Å². The molecule has 5 atom stereocenters. The van der Waals surface area contributed by atoms with Gasteiger partial charge < -0.3 is 25.2 Å². The molecule has 12 heavy (non-hydrogen) atoms. The normalized spacial score (nSPS) is 49.2. The van der Waals surface area contributed by atoms with Crippen LogP contribution in [0.2, 0.25) is 0 Å². The van der Waals surface area contributed by atoms with Crippen molar-refractivity contribution in [2.75, 3.05) is 0 Å². The lowest BCUT2D eigenvalue weighted by Crippen LogP contribution is -2.57. The molecule has 0 radical (unpaired) electrons. The maximum absolute atomic E-state index is 9.28. The van der Waals surface area contributed by atoms with E-state index < -0.39 is 30.7 Å². The van der Waals surface area contributed by atoms with Crippen LogP contribution in [0.3, 0.4) is 0 Å². The summed E-state index contributed by atoms with van der Waals surface area (Å²) in [6.07, 6.45) is -5.44. The zero-order valence-electron chi connectivity index (χ0n) is 6.79. The molecule has 0 amide bonds. The second-order valence-electron chi connectivity index (χ2n) is 2.95. The fourth-order valence-corrected chi connectivity index (χ4v) is 1.27. The van der Waals surface area contributed by atoms with Gasteiger partial charge in [-0.15, -0.1) is 0 Å². The van der Waals surface area contributed by atoms with Crippen LogP contribution in [0.15, 0.2) is 0 Å². The second-order valence-corrected chi connectivity index (χ2v) is 2.95. The Labute approximate surface area is 70.2 Å². The summed E-state index contributed by atoms with van der Waals surface area (Å²) in [6.45, 7) is 1.75. The van der Waals surface area contributed by atoms with Gasteiger partial charge in [0.05, 0.1) is 6.10 Å². The summed E-state index contributed by atoms with van der Waals surface area (Å²) in [7, 11) is 0. The minimum atomic E-state index is -1.43. The van der Waals surface area contributed by atoms with Crippen LogP contribution >= 0.6 is 0 Å². The first kappa shape index (κ1) is 9.88. The van der Waals surface area contributed by atoms with Crippen LogP contribution in [-0.2, 0) is 4.74 Å². The molecule has 1 aliphatic heterocycles. The van der Waals surface area contributed by atoms with E-state index in [-0.39, 0.29) is 0 Å². The molecule has 1 unspecified atom stereocenters. The van der Waals surface area contributed by atoms with Crippen LogP contribution in [-0.4, -0.2) is 51.1 Å². The van der Waals surface area contributed by atoms with E-state index in [9.17, 15) is 10.2 Å². The van der Waals surface area contributed by atoms with Crippen LogP contribution in [0.5, 0.6) is 0 Å². The highest BCUT2D eigenvalue weighted by Crippen LogP contribution is 2.21. The van der Waals surface area contributed by atoms with Crippen molar-refractivity contribution >= 4 is 0 Å². The Morgan fingerprint density at radius 2 is 1.58 bits per heavy atom. The van der Waals surface area contributed by atoms with Crippen molar-refractivity contribution < 1.29 is 25.2 Å². The fraction of sp³-hybridized carbons (Fsp3) is 1.00. The van der Waals surface area contributed by atoms with Crippen molar-refractivity contribution in [3.63, 3.8) is 0 Å². The molecule has 0 aromatic rings. The zero-order valence-corrected chi connectivity index (χ0v) is 6.79. The van der Waals surface area contributed by atoms with Gasteiger partial charge in [-0.05, 0) is 6.42 Å². The summed E-state index contributed by atoms with van der Waals surface area (Å²) in [5.41, 5.74) is 0. The topological polar surface area (TPSA) is 90.2 Å². The van der Waals surface area contributed by atoms with Crippen molar-refractivity contribution in [3.05, 3.63) is 0 Å². The quantitative estimate of drug-likeness (QED) is 0.380. The predicted molar refractivity (Wildman–Crippen MR) is 39.2 cm³/mol. The molecule has 5 heteroatoms. The standard InChI is InChI=1S/C7H14O5/c1-2-3-4(8)5(9)6(10)7(11)12-3/h3-11H,2H2,1H3/t3-,4-,5+,6+,7?/m1/s1. The van der Waals surface area contributed by atoms with Gasteiger partial charge in [0.1, 0.15) is 18.3 Å². The number of hydrogen-bond acceptors (Lipinski definition) is 5. The minimum absolute atomic E-state index is 0.474. The summed E-state index contributed by atoms with van der Waals surface area (Å²) >= 11 is 0. The molecular formula is C7H14O5. The van der Waals surface area contributed by atoms with Crippen molar-refractivity contribution in [2.45, 2.75) is 44.1 Å². The molecular weight excluding hydrogens is 164 g/mol. The maximum atomic E-state index is 9.28. The van der Waals surface area contributed by atoms with E-state index in [0.717, 1.165) is 0 Å². The van der Waals surface area contributed by atoms with Gasteiger partial charge in [-0.2, -0.15) is 0 Å². The first-order chi connectivity index (χ1) is 5.57. The van der Waals surface area contributed by atoms with E-state index >= 15 is 0 Å². The molecule has 0 spiro atoms. The van der Waals surface area contributed by atoms with E-state index in [0.29, 0.717) is 6.42 Å². The summed E-state index contributed by atoms with van der Waals surface area (Å²) in [5, 5.41) is 36.5. The van der Waals surface area contributed by atoms with E-state index in [2.05, 4.69) is 0 Å². The number of rotatable bonds is 1. The third-order valence-corrected chi connectivity index (χ3v) is 2.09. The molecule has 1 heterocycles. The summed E-state index contributed by atoms with van der Waals surface area (Å²) in [5.74, 6) is 0. The van der Waals surface area contributed by atoms with E-state index in [1.54, 1.807) is 6.92 Å². The summed E-state index contributed by atoms with van der Waals surface area (Å²) in [6, 6.07) is 0. The Kier molecular flexibility index (Phi) is 3.03. The Morgan fingerprint density at radius 3 is 2.08 bits per heavy atom. The first-order valence-electron chi connectivity index (χ1n) is 3.95. The molecule has 0 aliphatic carbocycles. The highest BCUT2D eigenvalue weighted by molar-refractivity contribution is 4.87. The molecule has 72 valence electrons. The first-order valence-corrected chi connectivity index (χ1v) is 3.95. The smallest absolute Gasteiger partial charge is 0.183 e. The lowest BCUT2D eigenvalue weighted by atomic mass is 9.97. The van der Waals surface area contributed by atoms with Gasteiger partial charge in [0.25, 0.3) is 0 Å². The SMILES string of the molecule is CC[C@H]1OC(O)[C@@H](O)[C@@H](O)[C@@H]1O. The minimum Gasteiger partial charge on any atom is -0.388 e. The van der Waals surface area contributed by atoms with Crippen molar-refractivity contribution in [3.8, 4) is 0 Å². The zero-order chi connectivity index (χ0) is 9.30. The lowest BCUT2D eigenvalue weighted by Gasteiger charge is -2.37. The number of hydrogen-bond donors (Lipinski definition) is 4. The maximum Gasteiger partial charge on any atom is 0.183 e. The van der Waals surface area contributed by atoms with E-state index in [4.69, 9.17) is 14.9 Å². The molecule has 1 aliphatic rings. The van der Waals surface area contributed by atoms with Crippen LogP contribution in [0.25, 0.3) is 0 Å². The lowest BCUT2D eigenvalue weighted by molar-refractivity contribution is -0.281. The van der Waals surface area contributed by atoms with Crippen molar-refractivity contribution in [2.24, 2.45) is 0 Å². The van der Waals surface area contributed by atoms with Crippen LogP contribution in [0.4, 0.5) is 0 Å². The third kappa shape index (κ3) is 1.60. The Hall–Kier alpha value is -0.200. The molecule has 0 aromatic carbocycles. The van der Waals surface area contributed by atoms with Crippen LogP contribution in [0, 0.1) is 0 Å². The molecule has 4 N–H and O–H groups in total. The van der Waals surface area contributed by atoms with Crippen molar-refractivity contribution in [1.29, 1.82) is 0 Å². The predicted octanol–water partition coefficient (Wildman–Crippen LogP) is -1.80. The van der Waals surface area contributed by atoms with Gasteiger partial charge in [-0.25, -0.2) is 0 Å². The number of ether oxygens (including phenoxy) is 1. The Balaban J connectivity index is 2.63. The van der Waals surface area contributed by atoms with Gasteiger partial charge in [0, 0.05) is 0 Å². The summed E-state index contributed by atoms with van der Waals surface area (Å²) < 4.78 is 4.83. The average Bonchev–Trinajstić information content (AvgIpc) is 2.08. The van der Waals surface area contributed by atoms with Gasteiger partial charge >= 0.3 is 0 Å². The van der Waals surface area contributed by atoms with Gasteiger partial charge in [-0.3, -0.25) is 0 Å². The third-order valence-electron chi connectivity index (χ3n) is 2.09. The van der Waals surface area contributed by atoms with E-state index in [1.165, 1.54) is 0 Å². The van der Waals surface area contributed by atoms with Gasteiger partial charge in [0.15, 0.2) is 6.29 Å². The molecule has 0 aromatic heterocycles. The largest absolute Gasteiger partial charge is 0.388 e. The fourth-order valence-electron chi connectivity index (χ4n) is 1.27. The van der Waals surface area contributed by atoms with Crippen LogP contribution in [0.1, 0.15) is 13.3 Å². The number of aliphatic hydroxyl groups is 4. The molecule has 0 bridgehead atoms. The van der Waals surface area contributed by atoms with E-state index in [1.807, 2.05) is 0 Å². The summed E-state index contributed by atoms with van der Waals surface area (Å²) in [4.78, 5) is 0. The molecule has 1 saturated heterocycles. The highest BCUT2D eigenvalue weighted by Gasteiger charge is 2.41. The van der Waals surface area contributed by atoms with Crippen molar-refractivity contribution in [1.82, 2.24) is 0 Å². The second kappa shape index (κ2) is 3.68. The molecule has 1 rings (SSSR count). The highest BCUT2D eigenvalue weighted by atomic mass is 16.6. The molecule has 5 nitrogen and oxygen atoms in total. The Bertz CT molecular complexity index is 146. The number of aliphatic hydroxyl groups excluding tert-OH is 4. The molecule has 0 saturated carbocycles. The average molecular weight is 178 g/mol. The monoisotopic (exact) mass is 178 g/mol.